The van der Waals surface area contributed by atoms with E-state index in [9.17, 15) is 14.7 Å². The monoisotopic (exact) mass is 461 g/mol. The zero-order valence-corrected chi connectivity index (χ0v) is 19.7. The summed E-state index contributed by atoms with van der Waals surface area (Å²) >= 11 is 0. The van der Waals surface area contributed by atoms with Crippen LogP contribution in [0.1, 0.15) is 62.0 Å². The van der Waals surface area contributed by atoms with E-state index in [1.807, 2.05) is 37.3 Å². The van der Waals surface area contributed by atoms with Gasteiger partial charge in [-0.25, -0.2) is 9.78 Å². The Bertz CT molecular complexity index is 1220. The molecule has 2 unspecified atom stereocenters. The van der Waals surface area contributed by atoms with Crippen LogP contribution in [0, 0.1) is 5.92 Å². The molecule has 2 heterocycles. The molecule has 1 N–H and O–H groups in total. The van der Waals surface area contributed by atoms with Crippen molar-refractivity contribution in [3.8, 4) is 0 Å². The molecule has 1 fully saturated rings. The average molecular weight is 462 g/mol. The number of carboxylic acids is 1. The van der Waals surface area contributed by atoms with E-state index in [1.54, 1.807) is 4.90 Å². The number of imidazole rings is 1. The molecule has 1 aliphatic heterocycles. The number of aryl methyl sites for hydroxylation is 1. The molecule has 0 saturated heterocycles. The van der Waals surface area contributed by atoms with Crippen molar-refractivity contribution in [1.82, 2.24) is 9.55 Å². The van der Waals surface area contributed by atoms with Gasteiger partial charge in [-0.1, -0.05) is 36.8 Å². The van der Waals surface area contributed by atoms with Gasteiger partial charge >= 0.3 is 12.1 Å². The molecule has 3 aromatic rings. The second kappa shape index (κ2) is 9.12. The van der Waals surface area contributed by atoms with E-state index in [1.165, 1.54) is 12.7 Å². The van der Waals surface area contributed by atoms with Crippen LogP contribution in [0.5, 0.6) is 0 Å². The topological polar surface area (TPSA) is 84.7 Å². The smallest absolute Gasteiger partial charge is 0.414 e. The number of hydrogen-bond donors (Lipinski definition) is 1. The number of benzene rings is 2. The van der Waals surface area contributed by atoms with Gasteiger partial charge in [0.1, 0.15) is 5.82 Å². The van der Waals surface area contributed by atoms with Gasteiger partial charge < -0.3 is 14.4 Å². The summed E-state index contributed by atoms with van der Waals surface area (Å²) in [4.78, 5) is 31.2. The molecule has 1 aromatic heterocycles. The molecule has 1 saturated carbocycles. The molecule has 0 bridgehead atoms. The van der Waals surface area contributed by atoms with Crippen LogP contribution in [-0.4, -0.2) is 39.9 Å². The normalized spacial score (nSPS) is 22.4. The SMILES string of the molecule is COC(=O)N1c2ccc3c(nc(Cc4ccccc4)n3C3CCCC(C(=O)O)C3)c2CC[C@H]1C. The number of methoxy groups -OCH3 is 1. The van der Waals surface area contributed by atoms with Gasteiger partial charge in [-0.15, -0.1) is 0 Å². The minimum atomic E-state index is -0.709. The summed E-state index contributed by atoms with van der Waals surface area (Å²) in [6.07, 6.45) is 5.19. The lowest BCUT2D eigenvalue weighted by Crippen LogP contribution is -2.42. The number of aliphatic carboxylic acids is 1. The molecular weight excluding hydrogens is 430 g/mol. The van der Waals surface area contributed by atoms with E-state index in [2.05, 4.69) is 16.7 Å². The third-order valence-electron chi connectivity index (χ3n) is 7.46. The molecule has 0 spiro atoms. The number of carboxylic acid groups (broad SMARTS) is 1. The van der Waals surface area contributed by atoms with Crippen molar-refractivity contribution in [2.75, 3.05) is 12.0 Å². The molecule has 0 radical (unpaired) electrons. The van der Waals surface area contributed by atoms with Crippen LogP contribution in [0.15, 0.2) is 42.5 Å². The van der Waals surface area contributed by atoms with Crippen molar-refractivity contribution >= 4 is 28.8 Å². The zero-order chi connectivity index (χ0) is 23.8. The maximum absolute atomic E-state index is 12.6. The third-order valence-corrected chi connectivity index (χ3v) is 7.46. The van der Waals surface area contributed by atoms with Crippen LogP contribution < -0.4 is 4.90 Å². The zero-order valence-electron chi connectivity index (χ0n) is 19.7. The highest BCUT2D eigenvalue weighted by Gasteiger charge is 2.34. The van der Waals surface area contributed by atoms with E-state index in [0.29, 0.717) is 12.8 Å². The predicted octanol–water partition coefficient (Wildman–Crippen LogP) is 5.35. The minimum absolute atomic E-state index is 0.0537. The summed E-state index contributed by atoms with van der Waals surface area (Å²) in [6.45, 7) is 2.04. The van der Waals surface area contributed by atoms with Crippen LogP contribution in [-0.2, 0) is 22.4 Å². The number of nitrogens with zero attached hydrogens (tertiary/aromatic N) is 3. The molecule has 34 heavy (non-hydrogen) atoms. The number of ether oxygens (including phenoxy) is 1. The van der Waals surface area contributed by atoms with E-state index >= 15 is 0 Å². The second-order valence-corrected chi connectivity index (χ2v) is 9.57. The Morgan fingerprint density at radius 3 is 2.65 bits per heavy atom. The molecule has 1 amide bonds. The van der Waals surface area contributed by atoms with E-state index in [4.69, 9.17) is 9.72 Å². The lowest BCUT2D eigenvalue weighted by Gasteiger charge is -2.34. The number of aromatic nitrogens is 2. The van der Waals surface area contributed by atoms with Gasteiger partial charge in [-0.2, -0.15) is 0 Å². The summed E-state index contributed by atoms with van der Waals surface area (Å²) < 4.78 is 7.36. The number of amides is 1. The van der Waals surface area contributed by atoms with Crippen molar-refractivity contribution in [3.05, 3.63) is 59.4 Å². The van der Waals surface area contributed by atoms with E-state index < -0.39 is 5.97 Å². The first-order valence-electron chi connectivity index (χ1n) is 12.1. The molecule has 7 heteroatoms. The number of fused-ring (bicyclic) bond motifs is 3. The Labute approximate surface area is 199 Å². The van der Waals surface area contributed by atoms with Crippen LogP contribution in [0.25, 0.3) is 11.0 Å². The van der Waals surface area contributed by atoms with Crippen molar-refractivity contribution < 1.29 is 19.4 Å². The second-order valence-electron chi connectivity index (χ2n) is 9.57. The fourth-order valence-electron chi connectivity index (χ4n) is 5.76. The molecule has 178 valence electrons. The summed E-state index contributed by atoms with van der Waals surface area (Å²) in [5, 5.41) is 9.68. The van der Waals surface area contributed by atoms with Crippen LogP contribution in [0.3, 0.4) is 0 Å². The molecular formula is C27H31N3O4. The highest BCUT2D eigenvalue weighted by molar-refractivity contribution is 5.95. The number of anilines is 1. The maximum atomic E-state index is 12.6. The summed E-state index contributed by atoms with van der Waals surface area (Å²) in [6, 6.07) is 14.5. The highest BCUT2D eigenvalue weighted by atomic mass is 16.5. The summed E-state index contributed by atoms with van der Waals surface area (Å²) in [7, 11) is 1.41. The van der Waals surface area contributed by atoms with Gasteiger partial charge in [-0.05, 0) is 56.7 Å². The van der Waals surface area contributed by atoms with Gasteiger partial charge in [-0.3, -0.25) is 9.69 Å². The van der Waals surface area contributed by atoms with Gasteiger partial charge in [0.2, 0.25) is 0 Å². The average Bonchev–Trinajstić information content (AvgIpc) is 3.22. The molecule has 2 aromatic carbocycles. The Morgan fingerprint density at radius 1 is 1.12 bits per heavy atom. The summed E-state index contributed by atoms with van der Waals surface area (Å²) in [5.74, 6) is -0.0817. The Balaban J connectivity index is 1.65. The predicted molar refractivity (Wildman–Crippen MR) is 130 cm³/mol. The minimum Gasteiger partial charge on any atom is -0.481 e. The van der Waals surface area contributed by atoms with Crippen LogP contribution >= 0.6 is 0 Å². The van der Waals surface area contributed by atoms with Crippen molar-refractivity contribution in [2.24, 2.45) is 5.92 Å². The Kier molecular flexibility index (Phi) is 6.02. The Hall–Kier alpha value is -3.35. The van der Waals surface area contributed by atoms with Gasteiger partial charge in [0.25, 0.3) is 0 Å². The van der Waals surface area contributed by atoms with Gasteiger partial charge in [0.15, 0.2) is 0 Å². The van der Waals surface area contributed by atoms with Gasteiger partial charge in [0.05, 0.1) is 29.7 Å². The lowest BCUT2D eigenvalue weighted by molar-refractivity contribution is -0.143. The highest BCUT2D eigenvalue weighted by Crippen LogP contribution is 2.40. The van der Waals surface area contributed by atoms with Crippen LogP contribution in [0.4, 0.5) is 10.5 Å². The number of carbonyl (C=O) groups excluding carboxylic acids is 1. The van der Waals surface area contributed by atoms with E-state index in [0.717, 1.165) is 60.2 Å². The molecule has 1 aliphatic carbocycles. The molecule has 2 aliphatic rings. The largest absolute Gasteiger partial charge is 0.481 e. The first kappa shape index (κ1) is 22.4. The van der Waals surface area contributed by atoms with Crippen molar-refractivity contribution in [2.45, 2.75) is 64.0 Å². The lowest BCUT2D eigenvalue weighted by atomic mass is 9.85. The van der Waals surface area contributed by atoms with Crippen molar-refractivity contribution in [3.63, 3.8) is 0 Å². The molecule has 7 nitrogen and oxygen atoms in total. The van der Waals surface area contributed by atoms with Crippen molar-refractivity contribution in [1.29, 1.82) is 0 Å². The standard InChI is InChI=1S/C27H31N3O4/c1-17-11-12-21-22(29(17)27(33)34-2)13-14-23-25(21)28-24(15-18-7-4-3-5-8-18)30(23)20-10-6-9-19(16-20)26(31)32/h3-5,7-8,13-14,17,19-20H,6,9-12,15-16H2,1-2H3,(H,31,32)/t17-,19?,20?/m1/s1. The fraction of sp³-hybridized carbons (Fsp3) is 0.444. The van der Waals surface area contributed by atoms with Gasteiger partial charge in [0, 0.05) is 24.1 Å². The maximum Gasteiger partial charge on any atom is 0.414 e. The first-order valence-corrected chi connectivity index (χ1v) is 12.1. The fourth-order valence-corrected chi connectivity index (χ4v) is 5.76. The number of carbonyl (C=O) groups is 2. The Morgan fingerprint density at radius 2 is 1.91 bits per heavy atom. The quantitative estimate of drug-likeness (QED) is 0.566. The summed E-state index contributed by atoms with van der Waals surface area (Å²) in [5.41, 5.74) is 5.05. The van der Waals surface area contributed by atoms with E-state index in [-0.39, 0.29) is 24.1 Å². The number of rotatable bonds is 4. The third kappa shape index (κ3) is 3.93. The van der Waals surface area contributed by atoms with Crippen LogP contribution in [0.2, 0.25) is 0 Å². The molecule has 3 atom stereocenters. The number of hydrogen-bond acceptors (Lipinski definition) is 4. The molecule has 5 rings (SSSR count). The first-order chi connectivity index (χ1) is 16.5.